The minimum Gasteiger partial charge on any atom is -0.341 e. The van der Waals surface area contributed by atoms with Crippen LogP contribution in [0.5, 0.6) is 0 Å². The van der Waals surface area contributed by atoms with E-state index in [1.807, 2.05) is 18.2 Å². The summed E-state index contributed by atoms with van der Waals surface area (Å²) in [7, 11) is 0. The molecular weight excluding hydrogens is 392 g/mol. The Labute approximate surface area is 183 Å². The fourth-order valence-electron chi connectivity index (χ4n) is 4.08. The molecule has 3 rings (SSSR count). The maximum atomic E-state index is 12.9. The average molecular weight is 423 g/mol. The predicted molar refractivity (Wildman–Crippen MR) is 118 cm³/mol. The van der Waals surface area contributed by atoms with Gasteiger partial charge in [0.05, 0.1) is 5.56 Å². The zero-order chi connectivity index (χ0) is 22.8. The molecule has 164 valence electrons. The molecule has 0 bridgehead atoms. The van der Waals surface area contributed by atoms with E-state index in [0.29, 0.717) is 11.1 Å². The predicted octanol–water partition coefficient (Wildman–Crippen LogP) is 4.10. The lowest BCUT2D eigenvalue weighted by Gasteiger charge is -2.42. The quantitative estimate of drug-likeness (QED) is 0.727. The Hall–Kier alpha value is -3.15. The zero-order valence-corrected chi connectivity index (χ0v) is 18.7. The minimum absolute atomic E-state index is 0.0420. The van der Waals surface area contributed by atoms with Gasteiger partial charge in [-0.15, -0.1) is 0 Å². The summed E-state index contributed by atoms with van der Waals surface area (Å²) in [6.45, 7) is 10.2. The van der Waals surface area contributed by atoms with Crippen molar-refractivity contribution in [2.45, 2.75) is 64.3 Å². The van der Waals surface area contributed by atoms with Gasteiger partial charge in [0.1, 0.15) is 6.04 Å². The van der Waals surface area contributed by atoms with Crippen LogP contribution >= 0.6 is 0 Å². The van der Waals surface area contributed by atoms with Crippen molar-refractivity contribution < 1.29 is 19.2 Å². The molecule has 2 aromatic rings. The molecule has 6 nitrogen and oxygen atoms in total. The lowest BCUT2D eigenvalue weighted by atomic mass is 9.63. The Morgan fingerprint density at radius 2 is 1.52 bits per heavy atom. The molecule has 2 aromatic carbocycles. The highest BCUT2D eigenvalue weighted by atomic mass is 16.7. The first-order valence-corrected chi connectivity index (χ1v) is 10.5. The molecular formula is C25H30N2O4. The van der Waals surface area contributed by atoms with Gasteiger partial charge in [-0.3, -0.25) is 9.59 Å². The zero-order valence-electron chi connectivity index (χ0n) is 18.7. The van der Waals surface area contributed by atoms with E-state index in [9.17, 15) is 14.4 Å². The van der Waals surface area contributed by atoms with Crippen molar-refractivity contribution in [3.05, 3.63) is 70.8 Å². The Morgan fingerprint density at radius 1 is 0.903 bits per heavy atom. The Bertz CT molecular complexity index is 996. The summed E-state index contributed by atoms with van der Waals surface area (Å²) >= 11 is 0. The topological polar surface area (TPSA) is 84.5 Å². The Balaban J connectivity index is 1.86. The summed E-state index contributed by atoms with van der Waals surface area (Å²) in [5, 5.41) is 2.67. The molecule has 0 saturated heterocycles. The van der Waals surface area contributed by atoms with E-state index in [2.05, 4.69) is 38.5 Å². The first-order valence-electron chi connectivity index (χ1n) is 10.5. The van der Waals surface area contributed by atoms with E-state index in [-0.39, 0.29) is 16.7 Å². The summed E-state index contributed by atoms with van der Waals surface area (Å²) in [5.41, 5.74) is 5.59. The number of benzene rings is 2. The summed E-state index contributed by atoms with van der Waals surface area (Å²) in [6.07, 6.45) is 2.11. The molecule has 6 heteroatoms. The number of hydrogen-bond acceptors (Lipinski definition) is 4. The summed E-state index contributed by atoms with van der Waals surface area (Å²) in [5.74, 6) is -1.65. The van der Waals surface area contributed by atoms with Crippen LogP contribution in [0.1, 0.15) is 80.6 Å². The van der Waals surface area contributed by atoms with Crippen LogP contribution in [0.4, 0.5) is 0 Å². The van der Waals surface area contributed by atoms with E-state index in [0.717, 1.165) is 12.8 Å². The van der Waals surface area contributed by atoms with Crippen molar-refractivity contribution in [1.29, 1.82) is 0 Å². The highest BCUT2D eigenvalue weighted by Crippen LogP contribution is 2.46. The molecule has 1 aliphatic rings. The van der Waals surface area contributed by atoms with E-state index in [1.165, 1.54) is 18.1 Å². The summed E-state index contributed by atoms with van der Waals surface area (Å²) in [6, 6.07) is 13.3. The summed E-state index contributed by atoms with van der Waals surface area (Å²) < 4.78 is 0. The van der Waals surface area contributed by atoms with Gasteiger partial charge in [-0.25, -0.2) is 4.79 Å². The van der Waals surface area contributed by atoms with Gasteiger partial charge in [-0.2, -0.15) is 5.48 Å². The molecule has 1 aliphatic carbocycles. The number of rotatable bonds is 4. The Kier molecular flexibility index (Phi) is 6.20. The molecule has 0 heterocycles. The van der Waals surface area contributed by atoms with Gasteiger partial charge in [-0.1, -0.05) is 64.1 Å². The van der Waals surface area contributed by atoms with Gasteiger partial charge in [-0.05, 0) is 52.5 Å². The average Bonchev–Trinajstić information content (AvgIpc) is 2.73. The number of hydrogen-bond donors (Lipinski definition) is 2. The maximum Gasteiger partial charge on any atom is 0.362 e. The third kappa shape index (κ3) is 4.95. The highest BCUT2D eigenvalue weighted by Gasteiger charge is 2.37. The number of hydroxylamine groups is 1. The van der Waals surface area contributed by atoms with Gasteiger partial charge in [0.2, 0.25) is 5.91 Å². The van der Waals surface area contributed by atoms with Crippen molar-refractivity contribution in [3.8, 4) is 0 Å². The number of carbonyl (C=O) groups is 3. The number of fused-ring (bicyclic) bond motifs is 1. The van der Waals surface area contributed by atoms with Crippen LogP contribution in [0.25, 0.3) is 0 Å². The first-order chi connectivity index (χ1) is 14.5. The van der Waals surface area contributed by atoms with Gasteiger partial charge in [0, 0.05) is 6.92 Å². The normalized spacial score (nSPS) is 17.1. The maximum absolute atomic E-state index is 12.9. The van der Waals surface area contributed by atoms with Crippen LogP contribution in [0, 0.1) is 0 Å². The van der Waals surface area contributed by atoms with Crippen LogP contribution in [0.3, 0.4) is 0 Å². The Morgan fingerprint density at radius 3 is 2.13 bits per heavy atom. The first kappa shape index (κ1) is 22.5. The largest absolute Gasteiger partial charge is 0.362 e. The molecule has 0 radical (unpaired) electrons. The third-order valence-corrected chi connectivity index (χ3v) is 6.07. The lowest BCUT2D eigenvalue weighted by Crippen LogP contribution is -2.41. The number of nitrogens with one attached hydrogen (secondary N) is 2. The molecule has 0 spiro atoms. The molecule has 31 heavy (non-hydrogen) atoms. The van der Waals surface area contributed by atoms with Crippen molar-refractivity contribution in [1.82, 2.24) is 10.8 Å². The molecule has 2 N–H and O–H groups in total. The van der Waals surface area contributed by atoms with Crippen molar-refractivity contribution in [2.24, 2.45) is 0 Å². The molecule has 1 atom stereocenters. The summed E-state index contributed by atoms with van der Waals surface area (Å²) in [4.78, 5) is 41.8. The van der Waals surface area contributed by atoms with Gasteiger partial charge in [0.25, 0.3) is 5.91 Å². The standard InChI is InChI=1S/C25H30N2O4/c1-16(28)26-21(22(29)27-31-23(30)17-9-7-6-8-10-17)18-11-12-19-20(15-18)25(4,5)14-13-24(19,2)3/h6-12,15,21H,13-14H2,1-5H3,(H,26,28)(H,27,29). The molecule has 0 aromatic heterocycles. The van der Waals surface area contributed by atoms with E-state index < -0.39 is 17.9 Å². The molecule has 1 unspecified atom stereocenters. The molecule has 0 fully saturated rings. The van der Waals surface area contributed by atoms with E-state index in [1.54, 1.807) is 30.3 Å². The van der Waals surface area contributed by atoms with Crippen LogP contribution in [0.15, 0.2) is 48.5 Å². The second-order valence-electron chi connectivity index (χ2n) is 9.43. The van der Waals surface area contributed by atoms with Crippen LogP contribution in [-0.2, 0) is 25.3 Å². The number of amides is 2. The number of carbonyl (C=O) groups excluding carboxylic acids is 3. The van der Waals surface area contributed by atoms with Crippen molar-refractivity contribution >= 4 is 17.8 Å². The van der Waals surface area contributed by atoms with Crippen LogP contribution in [-0.4, -0.2) is 17.8 Å². The third-order valence-electron chi connectivity index (χ3n) is 6.07. The molecule has 2 amide bonds. The second kappa shape index (κ2) is 8.53. The van der Waals surface area contributed by atoms with Gasteiger partial charge < -0.3 is 10.2 Å². The minimum atomic E-state index is -0.979. The SMILES string of the molecule is CC(=O)NC(C(=O)NOC(=O)c1ccccc1)c1ccc2c(c1)C(C)(C)CCC2(C)C. The van der Waals surface area contributed by atoms with E-state index in [4.69, 9.17) is 4.84 Å². The van der Waals surface area contributed by atoms with E-state index >= 15 is 0 Å². The van der Waals surface area contributed by atoms with Crippen molar-refractivity contribution in [3.63, 3.8) is 0 Å². The van der Waals surface area contributed by atoms with Crippen LogP contribution < -0.4 is 10.8 Å². The lowest BCUT2D eigenvalue weighted by molar-refractivity contribution is -0.135. The monoisotopic (exact) mass is 422 g/mol. The molecule has 0 saturated carbocycles. The smallest absolute Gasteiger partial charge is 0.341 e. The highest BCUT2D eigenvalue weighted by molar-refractivity contribution is 5.92. The van der Waals surface area contributed by atoms with Crippen molar-refractivity contribution in [2.75, 3.05) is 0 Å². The second-order valence-corrected chi connectivity index (χ2v) is 9.43. The fourth-order valence-corrected chi connectivity index (χ4v) is 4.08. The fraction of sp³-hybridized carbons (Fsp3) is 0.400. The molecule has 0 aliphatic heterocycles. The van der Waals surface area contributed by atoms with Gasteiger partial charge >= 0.3 is 5.97 Å². The van der Waals surface area contributed by atoms with Crippen LogP contribution in [0.2, 0.25) is 0 Å². The van der Waals surface area contributed by atoms with Gasteiger partial charge in [0.15, 0.2) is 0 Å².